The molecule has 2 N–H and O–H groups in total. The fraction of sp³-hybridized carbons (Fsp3) is 0.368. The number of hydrogen-bond acceptors (Lipinski definition) is 5. The van der Waals surface area contributed by atoms with Crippen LogP contribution in [0.3, 0.4) is 0 Å². The maximum Gasteiger partial charge on any atom is 0.256 e. The second-order valence-electron chi connectivity index (χ2n) is 6.47. The Morgan fingerprint density at radius 2 is 1.92 bits per heavy atom. The van der Waals surface area contributed by atoms with Gasteiger partial charge in [-0.25, -0.2) is 4.98 Å². The highest BCUT2D eigenvalue weighted by atomic mass is 16.5. The number of carbonyl (C=O) groups is 1. The van der Waals surface area contributed by atoms with Crippen molar-refractivity contribution in [2.45, 2.75) is 32.6 Å². The summed E-state index contributed by atoms with van der Waals surface area (Å²) in [5.74, 6) is -0.190. The molecule has 25 heavy (non-hydrogen) atoms. The van der Waals surface area contributed by atoms with Gasteiger partial charge in [0, 0.05) is 31.4 Å². The number of benzene rings is 1. The van der Waals surface area contributed by atoms with Crippen molar-refractivity contribution >= 4 is 11.7 Å². The zero-order valence-electron chi connectivity index (χ0n) is 14.5. The summed E-state index contributed by atoms with van der Waals surface area (Å²) in [7, 11) is 0. The summed E-state index contributed by atoms with van der Waals surface area (Å²) in [6, 6.07) is 10.6. The molecule has 1 fully saturated rings. The molecule has 1 saturated heterocycles. The Labute approximate surface area is 147 Å². The lowest BCUT2D eigenvalue weighted by Gasteiger charge is -2.35. The Bertz CT molecular complexity index is 723. The molecule has 2 atom stereocenters. The van der Waals surface area contributed by atoms with E-state index in [0.717, 1.165) is 25.2 Å². The number of aromatic nitrogens is 1. The van der Waals surface area contributed by atoms with E-state index in [9.17, 15) is 9.90 Å². The minimum absolute atomic E-state index is 0.0528. The summed E-state index contributed by atoms with van der Waals surface area (Å²) in [6.45, 7) is 6.82. The van der Waals surface area contributed by atoms with Gasteiger partial charge >= 0.3 is 0 Å². The second kappa shape index (κ2) is 7.63. The normalized spacial score (nSPS) is 21.0. The third kappa shape index (κ3) is 4.55. The van der Waals surface area contributed by atoms with Crippen LogP contribution >= 0.6 is 0 Å². The summed E-state index contributed by atoms with van der Waals surface area (Å²) in [4.78, 5) is 18.6. The third-order valence-electron chi connectivity index (χ3n) is 4.14. The highest BCUT2D eigenvalue weighted by Crippen LogP contribution is 2.19. The maximum absolute atomic E-state index is 12.3. The number of pyridine rings is 1. The molecule has 0 radical (unpaired) electrons. The number of carbonyl (C=O) groups excluding carboxylic acids is 1. The van der Waals surface area contributed by atoms with Gasteiger partial charge in [-0.05, 0) is 43.7 Å². The third-order valence-corrected chi connectivity index (χ3v) is 4.14. The lowest BCUT2D eigenvalue weighted by Crippen LogP contribution is -2.44. The molecule has 0 unspecified atom stereocenters. The highest BCUT2D eigenvalue weighted by molar-refractivity contribution is 6.04. The molecule has 3 rings (SSSR count). The van der Waals surface area contributed by atoms with Gasteiger partial charge in [-0.15, -0.1) is 0 Å². The van der Waals surface area contributed by atoms with Crippen molar-refractivity contribution in [2.24, 2.45) is 0 Å². The molecule has 0 aliphatic carbocycles. The summed E-state index contributed by atoms with van der Waals surface area (Å²) < 4.78 is 5.75. The molecule has 1 aromatic carbocycles. The van der Waals surface area contributed by atoms with Crippen molar-refractivity contribution in [1.82, 2.24) is 9.88 Å². The maximum atomic E-state index is 12.3. The first-order chi connectivity index (χ1) is 12.0. The SMILES string of the molecule is C[C@@H]1CN(Cc2ccc(C(=O)Nc3ncccc3O)cc2)C[C@H](C)O1. The zero-order valence-corrected chi connectivity index (χ0v) is 14.5. The van der Waals surface area contributed by atoms with Gasteiger partial charge in [-0.1, -0.05) is 12.1 Å². The number of ether oxygens (including phenoxy) is 1. The molecule has 1 aromatic heterocycles. The average molecular weight is 341 g/mol. The van der Waals surface area contributed by atoms with E-state index in [4.69, 9.17) is 4.74 Å². The molecule has 6 heteroatoms. The van der Waals surface area contributed by atoms with E-state index in [0.29, 0.717) is 5.56 Å². The van der Waals surface area contributed by atoms with Crippen LogP contribution in [0.15, 0.2) is 42.6 Å². The summed E-state index contributed by atoms with van der Waals surface area (Å²) in [5, 5.41) is 12.3. The summed E-state index contributed by atoms with van der Waals surface area (Å²) in [6.07, 6.45) is 1.99. The molecule has 6 nitrogen and oxygen atoms in total. The number of amides is 1. The molecule has 0 bridgehead atoms. The number of nitrogens with one attached hydrogen (secondary N) is 1. The molecule has 2 heterocycles. The Kier molecular flexibility index (Phi) is 5.31. The number of nitrogens with zero attached hydrogens (tertiary/aromatic N) is 2. The van der Waals surface area contributed by atoms with Crippen molar-refractivity contribution in [3.05, 3.63) is 53.7 Å². The molecule has 1 aliphatic heterocycles. The van der Waals surface area contributed by atoms with Crippen molar-refractivity contribution in [1.29, 1.82) is 0 Å². The van der Waals surface area contributed by atoms with E-state index in [1.54, 1.807) is 18.2 Å². The van der Waals surface area contributed by atoms with Gasteiger partial charge in [-0.3, -0.25) is 9.69 Å². The van der Waals surface area contributed by atoms with Crippen LogP contribution in [-0.2, 0) is 11.3 Å². The fourth-order valence-corrected chi connectivity index (χ4v) is 3.11. The van der Waals surface area contributed by atoms with E-state index in [-0.39, 0.29) is 29.7 Å². The van der Waals surface area contributed by atoms with E-state index in [1.807, 2.05) is 12.1 Å². The quantitative estimate of drug-likeness (QED) is 0.894. The van der Waals surface area contributed by atoms with Crippen LogP contribution in [0.5, 0.6) is 5.75 Å². The van der Waals surface area contributed by atoms with Gasteiger partial charge in [0.1, 0.15) is 0 Å². The zero-order chi connectivity index (χ0) is 17.8. The van der Waals surface area contributed by atoms with Crippen molar-refractivity contribution in [3.8, 4) is 5.75 Å². The molecule has 1 aliphatic rings. The van der Waals surface area contributed by atoms with Crippen LogP contribution in [0.1, 0.15) is 29.8 Å². The molecular formula is C19H23N3O3. The molecule has 1 amide bonds. The van der Waals surface area contributed by atoms with Crippen molar-refractivity contribution in [3.63, 3.8) is 0 Å². The van der Waals surface area contributed by atoms with Crippen LogP contribution < -0.4 is 5.32 Å². The average Bonchev–Trinajstić information content (AvgIpc) is 2.56. The molecular weight excluding hydrogens is 318 g/mol. The topological polar surface area (TPSA) is 74.7 Å². The Balaban J connectivity index is 1.62. The molecule has 2 aromatic rings. The smallest absolute Gasteiger partial charge is 0.256 e. The highest BCUT2D eigenvalue weighted by Gasteiger charge is 2.22. The summed E-state index contributed by atoms with van der Waals surface area (Å²) in [5.41, 5.74) is 1.68. The van der Waals surface area contributed by atoms with Crippen LogP contribution in [0.2, 0.25) is 0 Å². The van der Waals surface area contributed by atoms with Crippen LogP contribution in [0.4, 0.5) is 5.82 Å². The van der Waals surface area contributed by atoms with Crippen LogP contribution in [0, 0.1) is 0 Å². The van der Waals surface area contributed by atoms with Crippen LogP contribution in [0.25, 0.3) is 0 Å². The minimum Gasteiger partial charge on any atom is -0.504 e. The second-order valence-corrected chi connectivity index (χ2v) is 6.47. The summed E-state index contributed by atoms with van der Waals surface area (Å²) >= 11 is 0. The monoisotopic (exact) mass is 341 g/mol. The number of anilines is 1. The molecule has 0 spiro atoms. The standard InChI is InChI=1S/C19H23N3O3/c1-13-10-22(11-14(2)25-13)12-15-5-7-16(8-6-15)19(24)21-18-17(23)4-3-9-20-18/h3-9,13-14,23H,10-12H2,1-2H3,(H,20,21,24)/t13-,14+. The Morgan fingerprint density at radius 3 is 2.56 bits per heavy atom. The largest absolute Gasteiger partial charge is 0.504 e. The fourth-order valence-electron chi connectivity index (χ4n) is 3.11. The predicted octanol–water partition coefficient (Wildman–Crippen LogP) is 2.65. The number of morpholine rings is 1. The van der Waals surface area contributed by atoms with E-state index in [2.05, 4.69) is 29.0 Å². The predicted molar refractivity (Wildman–Crippen MR) is 95.6 cm³/mol. The first-order valence-electron chi connectivity index (χ1n) is 8.43. The molecule has 0 saturated carbocycles. The first-order valence-corrected chi connectivity index (χ1v) is 8.43. The first kappa shape index (κ1) is 17.4. The van der Waals surface area contributed by atoms with E-state index < -0.39 is 0 Å². The van der Waals surface area contributed by atoms with Gasteiger partial charge in [0.15, 0.2) is 11.6 Å². The van der Waals surface area contributed by atoms with Crippen LogP contribution in [-0.4, -0.2) is 46.2 Å². The minimum atomic E-state index is -0.297. The van der Waals surface area contributed by atoms with Gasteiger partial charge in [0.05, 0.1) is 12.2 Å². The lowest BCUT2D eigenvalue weighted by atomic mass is 10.1. The van der Waals surface area contributed by atoms with E-state index in [1.165, 1.54) is 12.3 Å². The Hall–Kier alpha value is -2.44. The van der Waals surface area contributed by atoms with Crippen molar-refractivity contribution < 1.29 is 14.6 Å². The van der Waals surface area contributed by atoms with Gasteiger partial charge in [0.2, 0.25) is 0 Å². The number of rotatable bonds is 4. The lowest BCUT2D eigenvalue weighted by molar-refractivity contribution is -0.0704. The van der Waals surface area contributed by atoms with Crippen molar-refractivity contribution in [2.75, 3.05) is 18.4 Å². The van der Waals surface area contributed by atoms with Gasteiger partial charge < -0.3 is 15.2 Å². The number of aromatic hydroxyl groups is 1. The number of hydrogen-bond donors (Lipinski definition) is 2. The molecule has 132 valence electrons. The Morgan fingerprint density at radius 1 is 1.24 bits per heavy atom. The van der Waals surface area contributed by atoms with E-state index >= 15 is 0 Å². The van der Waals surface area contributed by atoms with Gasteiger partial charge in [-0.2, -0.15) is 0 Å². The van der Waals surface area contributed by atoms with Gasteiger partial charge in [0.25, 0.3) is 5.91 Å².